The summed E-state index contributed by atoms with van der Waals surface area (Å²) in [7, 11) is 0. The fraction of sp³-hybridized carbons (Fsp3) is 0.194. The molecule has 4 aromatic rings. The predicted molar refractivity (Wildman–Crippen MR) is 142 cm³/mol. The summed E-state index contributed by atoms with van der Waals surface area (Å²) >= 11 is 0. The molecule has 7 heteroatoms. The molecule has 0 aromatic heterocycles. The standard InChI is InChI=1S/C31H26F3N3O/c1-20-36-27-17-16-25(35-19-21-12-14-24(15-13-21)31(32,33)34)18-26(27)29-30(38-29)37(20)28(22-8-4-2-5-9-22)23-10-6-3-7-11-23/h2-18,28-30,35H,19H2,1H3. The molecule has 4 nitrogen and oxygen atoms in total. The number of aliphatic imine (C=N–C) groups is 1. The summed E-state index contributed by atoms with van der Waals surface area (Å²) in [6.45, 7) is 2.42. The number of rotatable bonds is 6. The average molecular weight is 514 g/mol. The van der Waals surface area contributed by atoms with E-state index in [0.29, 0.717) is 6.54 Å². The zero-order valence-corrected chi connectivity index (χ0v) is 20.7. The topological polar surface area (TPSA) is 40.2 Å². The molecule has 0 aliphatic carbocycles. The Labute approximate surface area is 219 Å². The molecule has 1 fully saturated rings. The maximum absolute atomic E-state index is 12.9. The van der Waals surface area contributed by atoms with Crippen LogP contribution in [0.2, 0.25) is 0 Å². The first-order valence-corrected chi connectivity index (χ1v) is 12.5. The maximum atomic E-state index is 12.9. The van der Waals surface area contributed by atoms with Crippen LogP contribution >= 0.6 is 0 Å². The van der Waals surface area contributed by atoms with Crippen LogP contribution in [0.4, 0.5) is 24.5 Å². The smallest absolute Gasteiger partial charge is 0.381 e. The number of ether oxygens (including phenoxy) is 1. The number of hydrogen-bond acceptors (Lipinski definition) is 4. The van der Waals surface area contributed by atoms with Gasteiger partial charge in [-0.3, -0.25) is 0 Å². The molecule has 2 aliphatic heterocycles. The highest BCUT2D eigenvalue weighted by Gasteiger charge is 2.50. The summed E-state index contributed by atoms with van der Waals surface area (Å²) in [4.78, 5) is 7.25. The van der Waals surface area contributed by atoms with Crippen molar-refractivity contribution in [2.45, 2.75) is 38.0 Å². The molecule has 0 saturated carbocycles. The molecular formula is C31H26F3N3O. The molecule has 0 bridgehead atoms. The van der Waals surface area contributed by atoms with Crippen LogP contribution in [0.5, 0.6) is 0 Å². The number of benzene rings is 4. The van der Waals surface area contributed by atoms with Crippen molar-refractivity contribution < 1.29 is 17.9 Å². The lowest BCUT2D eigenvalue weighted by molar-refractivity contribution is -0.137. The van der Waals surface area contributed by atoms with Crippen LogP contribution in [0.1, 0.15) is 46.9 Å². The first kappa shape index (κ1) is 24.2. The Kier molecular flexibility index (Phi) is 6.16. The molecule has 1 saturated heterocycles. The summed E-state index contributed by atoms with van der Waals surface area (Å²) < 4.78 is 44.8. The van der Waals surface area contributed by atoms with E-state index in [0.717, 1.165) is 51.6 Å². The fourth-order valence-corrected chi connectivity index (χ4v) is 5.09. The van der Waals surface area contributed by atoms with Crippen molar-refractivity contribution in [2.24, 2.45) is 4.99 Å². The quantitative estimate of drug-likeness (QED) is 0.267. The Morgan fingerprint density at radius 3 is 2.11 bits per heavy atom. The fourth-order valence-electron chi connectivity index (χ4n) is 5.09. The number of hydrogen-bond donors (Lipinski definition) is 1. The van der Waals surface area contributed by atoms with Gasteiger partial charge in [0.15, 0.2) is 6.23 Å². The Hall–Kier alpha value is -4.10. The second-order valence-electron chi connectivity index (χ2n) is 9.56. The Balaban J connectivity index is 1.25. The van der Waals surface area contributed by atoms with Crippen LogP contribution in [0, 0.1) is 0 Å². The molecule has 0 radical (unpaired) electrons. The third-order valence-electron chi connectivity index (χ3n) is 7.02. The van der Waals surface area contributed by atoms with Crippen molar-refractivity contribution in [3.8, 4) is 0 Å². The lowest BCUT2D eigenvalue weighted by atomic mass is 9.96. The zero-order chi connectivity index (χ0) is 26.3. The van der Waals surface area contributed by atoms with Crippen molar-refractivity contribution in [1.29, 1.82) is 0 Å². The predicted octanol–water partition coefficient (Wildman–Crippen LogP) is 7.87. The van der Waals surface area contributed by atoms with Gasteiger partial charge < -0.3 is 15.0 Å². The van der Waals surface area contributed by atoms with Gasteiger partial charge in [0.2, 0.25) is 0 Å². The normalized spacial score (nSPS) is 18.3. The minimum absolute atomic E-state index is 0.0530. The van der Waals surface area contributed by atoms with E-state index in [4.69, 9.17) is 9.73 Å². The molecule has 0 spiro atoms. The van der Waals surface area contributed by atoms with Crippen LogP contribution < -0.4 is 5.32 Å². The molecule has 192 valence electrons. The number of amidine groups is 1. The monoisotopic (exact) mass is 513 g/mol. The van der Waals surface area contributed by atoms with Crippen molar-refractivity contribution in [1.82, 2.24) is 4.90 Å². The van der Waals surface area contributed by atoms with E-state index in [1.54, 1.807) is 0 Å². The molecule has 2 aliphatic rings. The van der Waals surface area contributed by atoms with Crippen molar-refractivity contribution >= 4 is 17.2 Å². The van der Waals surface area contributed by atoms with Gasteiger partial charge in [0, 0.05) is 17.8 Å². The highest BCUT2D eigenvalue weighted by Crippen LogP contribution is 2.51. The Morgan fingerprint density at radius 1 is 0.868 bits per heavy atom. The lowest BCUT2D eigenvalue weighted by Gasteiger charge is -2.32. The van der Waals surface area contributed by atoms with Gasteiger partial charge in [-0.25, -0.2) is 4.99 Å². The first-order valence-electron chi connectivity index (χ1n) is 12.5. The third kappa shape index (κ3) is 4.77. The van der Waals surface area contributed by atoms with Gasteiger partial charge in [-0.05, 0) is 53.9 Å². The van der Waals surface area contributed by atoms with E-state index < -0.39 is 11.7 Å². The number of epoxide rings is 1. The molecule has 2 unspecified atom stereocenters. The minimum Gasteiger partial charge on any atom is -0.381 e. The van der Waals surface area contributed by atoms with Crippen LogP contribution in [0.25, 0.3) is 0 Å². The molecule has 0 amide bonds. The number of nitrogens with one attached hydrogen (secondary N) is 1. The molecule has 2 atom stereocenters. The van der Waals surface area contributed by atoms with Gasteiger partial charge in [-0.15, -0.1) is 0 Å². The zero-order valence-electron chi connectivity index (χ0n) is 20.7. The summed E-state index contributed by atoms with van der Waals surface area (Å²) in [6, 6.07) is 31.8. The molecule has 38 heavy (non-hydrogen) atoms. The van der Waals surface area contributed by atoms with Crippen LogP contribution in [0.15, 0.2) is 108 Å². The molecule has 1 N–H and O–H groups in total. The van der Waals surface area contributed by atoms with E-state index in [2.05, 4.69) is 34.5 Å². The van der Waals surface area contributed by atoms with E-state index in [9.17, 15) is 13.2 Å². The number of halogens is 3. The third-order valence-corrected chi connectivity index (χ3v) is 7.02. The molecule has 6 rings (SSSR count). The van der Waals surface area contributed by atoms with Crippen LogP contribution in [-0.4, -0.2) is 17.0 Å². The van der Waals surface area contributed by atoms with Crippen molar-refractivity contribution in [2.75, 3.05) is 5.32 Å². The van der Waals surface area contributed by atoms with E-state index >= 15 is 0 Å². The summed E-state index contributed by atoms with van der Waals surface area (Å²) in [5.74, 6) is 0.874. The number of anilines is 1. The second kappa shape index (κ2) is 9.65. The van der Waals surface area contributed by atoms with E-state index in [1.165, 1.54) is 12.1 Å². The Bertz CT molecular complexity index is 1410. The first-order chi connectivity index (χ1) is 18.4. The molecule has 2 heterocycles. The molecular weight excluding hydrogens is 487 g/mol. The maximum Gasteiger partial charge on any atom is 0.416 e. The van der Waals surface area contributed by atoms with Crippen LogP contribution in [-0.2, 0) is 17.5 Å². The number of alkyl halides is 3. The van der Waals surface area contributed by atoms with Gasteiger partial charge in [0.25, 0.3) is 0 Å². The van der Waals surface area contributed by atoms with Gasteiger partial charge in [0.1, 0.15) is 11.9 Å². The molecule has 4 aromatic carbocycles. The average Bonchev–Trinajstić information content (AvgIpc) is 3.72. The van der Waals surface area contributed by atoms with Gasteiger partial charge in [-0.2, -0.15) is 13.2 Å². The van der Waals surface area contributed by atoms with Gasteiger partial charge in [-0.1, -0.05) is 72.8 Å². The highest BCUT2D eigenvalue weighted by molar-refractivity contribution is 5.86. The van der Waals surface area contributed by atoms with Gasteiger partial charge >= 0.3 is 6.18 Å². The minimum atomic E-state index is -4.34. The van der Waals surface area contributed by atoms with Gasteiger partial charge in [0.05, 0.1) is 17.3 Å². The summed E-state index contributed by atoms with van der Waals surface area (Å²) in [5.41, 5.74) is 5.15. The number of fused-ring (bicyclic) bond motifs is 3. The lowest BCUT2D eigenvalue weighted by Crippen LogP contribution is -2.36. The SMILES string of the molecule is CC1=Nc2ccc(NCc3ccc(C(F)(F)F)cc3)cc2C2OC2N1C(c1ccccc1)c1ccccc1. The Morgan fingerprint density at radius 2 is 1.50 bits per heavy atom. The second-order valence-corrected chi connectivity index (χ2v) is 9.56. The van der Waals surface area contributed by atoms with E-state index in [-0.39, 0.29) is 18.4 Å². The highest BCUT2D eigenvalue weighted by atomic mass is 19.4. The summed E-state index contributed by atoms with van der Waals surface area (Å²) in [6.07, 6.45) is -4.62. The largest absolute Gasteiger partial charge is 0.416 e. The van der Waals surface area contributed by atoms with Crippen LogP contribution in [0.3, 0.4) is 0 Å². The van der Waals surface area contributed by atoms with Crippen molar-refractivity contribution in [3.63, 3.8) is 0 Å². The van der Waals surface area contributed by atoms with Crippen molar-refractivity contribution in [3.05, 3.63) is 131 Å². The summed E-state index contributed by atoms with van der Waals surface area (Å²) in [5, 5.41) is 3.33. The van der Waals surface area contributed by atoms with E-state index in [1.807, 2.05) is 61.5 Å². The number of nitrogens with zero attached hydrogens (tertiary/aromatic N) is 2.